The zero-order chi connectivity index (χ0) is 23.0. The van der Waals surface area contributed by atoms with Crippen molar-refractivity contribution in [3.8, 4) is 22.8 Å². The van der Waals surface area contributed by atoms with Gasteiger partial charge < -0.3 is 24.3 Å². The number of hydrogen-bond acceptors (Lipinski definition) is 6. The highest BCUT2D eigenvalue weighted by Crippen LogP contribution is 2.37. The molecular weight excluding hydrogens is 408 g/mol. The number of nitrogens with zero attached hydrogens (tertiary/aromatic N) is 5. The van der Waals surface area contributed by atoms with E-state index in [9.17, 15) is 4.79 Å². The first-order valence-electron chi connectivity index (χ1n) is 10.6. The lowest BCUT2D eigenvalue weighted by Crippen LogP contribution is -2.39. The van der Waals surface area contributed by atoms with Crippen LogP contribution in [0.4, 0.5) is 5.82 Å². The average molecular weight is 439 g/mol. The van der Waals surface area contributed by atoms with Gasteiger partial charge in [0.1, 0.15) is 23.0 Å². The van der Waals surface area contributed by atoms with Crippen molar-refractivity contribution in [3.05, 3.63) is 42.0 Å². The molecule has 4 rings (SSSR count). The van der Waals surface area contributed by atoms with Crippen LogP contribution in [-0.2, 0) is 20.1 Å². The molecule has 0 spiro atoms. The van der Waals surface area contributed by atoms with Crippen LogP contribution in [-0.4, -0.2) is 56.4 Å². The lowest BCUT2D eigenvalue weighted by atomic mass is 10.1. The van der Waals surface area contributed by atoms with Gasteiger partial charge in [0, 0.05) is 37.4 Å². The second-order valence-electron chi connectivity index (χ2n) is 8.92. The molecule has 0 unspecified atom stereocenters. The van der Waals surface area contributed by atoms with Gasteiger partial charge in [-0.2, -0.15) is 5.10 Å². The number of ether oxygens (including phenoxy) is 2. The molecule has 0 fully saturated rings. The fraction of sp³-hybridized carbons (Fsp3) is 0.435. The molecule has 0 atom stereocenters. The molecule has 9 heteroatoms. The molecular formula is C23H30N6O3. The largest absolute Gasteiger partial charge is 0.493 e. The summed E-state index contributed by atoms with van der Waals surface area (Å²) in [4.78, 5) is 19.7. The highest BCUT2D eigenvalue weighted by Gasteiger charge is 2.29. The second-order valence-corrected chi connectivity index (χ2v) is 8.92. The van der Waals surface area contributed by atoms with Crippen molar-refractivity contribution in [2.45, 2.75) is 39.4 Å². The van der Waals surface area contributed by atoms with E-state index in [2.05, 4.69) is 35.8 Å². The summed E-state index contributed by atoms with van der Waals surface area (Å²) in [5.74, 6) is 2.99. The van der Waals surface area contributed by atoms with Crippen molar-refractivity contribution in [3.63, 3.8) is 0 Å². The molecule has 1 N–H and O–H groups in total. The van der Waals surface area contributed by atoms with Crippen LogP contribution in [0.2, 0.25) is 0 Å². The Hall–Kier alpha value is -3.49. The van der Waals surface area contributed by atoms with E-state index in [0.29, 0.717) is 36.8 Å². The quantitative estimate of drug-likeness (QED) is 0.659. The van der Waals surface area contributed by atoms with Crippen LogP contribution in [0.15, 0.2) is 30.5 Å². The smallest absolute Gasteiger partial charge is 0.274 e. The van der Waals surface area contributed by atoms with E-state index in [1.54, 1.807) is 43.1 Å². The van der Waals surface area contributed by atoms with Gasteiger partial charge in [-0.25, -0.2) is 4.98 Å². The molecule has 3 heterocycles. The van der Waals surface area contributed by atoms with E-state index in [0.717, 1.165) is 22.9 Å². The predicted octanol–water partition coefficient (Wildman–Crippen LogP) is 3.17. The van der Waals surface area contributed by atoms with Gasteiger partial charge in [0.05, 0.1) is 20.8 Å². The van der Waals surface area contributed by atoms with Crippen LogP contribution in [0, 0.1) is 0 Å². The minimum Gasteiger partial charge on any atom is -0.493 e. The Labute approximate surface area is 187 Å². The summed E-state index contributed by atoms with van der Waals surface area (Å²) in [6, 6.07) is 7.52. The zero-order valence-electron chi connectivity index (χ0n) is 19.5. The molecule has 2 aromatic heterocycles. The van der Waals surface area contributed by atoms with Crippen LogP contribution in [0.5, 0.6) is 11.5 Å². The lowest BCUT2D eigenvalue weighted by molar-refractivity contribution is 0.0701. The number of imidazole rings is 1. The third kappa shape index (κ3) is 4.15. The van der Waals surface area contributed by atoms with Crippen molar-refractivity contribution in [2.75, 3.05) is 26.1 Å². The third-order valence-corrected chi connectivity index (χ3v) is 5.34. The van der Waals surface area contributed by atoms with Crippen LogP contribution in [0.25, 0.3) is 11.3 Å². The minimum absolute atomic E-state index is 0.0853. The summed E-state index contributed by atoms with van der Waals surface area (Å²) >= 11 is 0. The number of aryl methyl sites for hydroxylation is 1. The van der Waals surface area contributed by atoms with Crippen molar-refractivity contribution in [1.29, 1.82) is 0 Å². The fourth-order valence-electron chi connectivity index (χ4n) is 3.86. The third-order valence-electron chi connectivity index (χ3n) is 5.34. The summed E-state index contributed by atoms with van der Waals surface area (Å²) in [6.45, 7) is 8.00. The van der Waals surface area contributed by atoms with Gasteiger partial charge in [-0.3, -0.25) is 9.48 Å². The number of carbonyl (C=O) groups is 1. The Kier molecular flexibility index (Phi) is 5.58. The normalized spacial score (nSPS) is 13.6. The molecule has 170 valence electrons. The summed E-state index contributed by atoms with van der Waals surface area (Å²) < 4.78 is 14.7. The fourth-order valence-corrected chi connectivity index (χ4v) is 3.86. The van der Waals surface area contributed by atoms with Gasteiger partial charge in [-0.15, -0.1) is 0 Å². The number of benzene rings is 1. The number of fused-ring (bicyclic) bond motifs is 1. The van der Waals surface area contributed by atoms with Crippen LogP contribution >= 0.6 is 0 Å². The predicted molar refractivity (Wildman–Crippen MR) is 122 cm³/mol. The minimum atomic E-state index is -0.164. The Morgan fingerprint density at radius 1 is 1.09 bits per heavy atom. The highest BCUT2D eigenvalue weighted by molar-refractivity contribution is 5.92. The van der Waals surface area contributed by atoms with E-state index in [-0.39, 0.29) is 11.4 Å². The maximum Gasteiger partial charge on any atom is 0.274 e. The van der Waals surface area contributed by atoms with Crippen molar-refractivity contribution in [2.24, 2.45) is 7.05 Å². The van der Waals surface area contributed by atoms with E-state index in [1.807, 2.05) is 18.2 Å². The molecule has 1 amide bonds. The molecule has 1 aliphatic rings. The summed E-state index contributed by atoms with van der Waals surface area (Å²) in [5, 5.41) is 7.87. The van der Waals surface area contributed by atoms with E-state index in [1.165, 1.54) is 0 Å². The summed E-state index contributed by atoms with van der Waals surface area (Å²) in [5.41, 5.74) is 2.02. The molecule has 3 aromatic rings. The molecule has 0 saturated heterocycles. The zero-order valence-corrected chi connectivity index (χ0v) is 19.5. The summed E-state index contributed by atoms with van der Waals surface area (Å²) in [6.07, 6.45) is 1.78. The van der Waals surface area contributed by atoms with E-state index < -0.39 is 0 Å². The van der Waals surface area contributed by atoms with Crippen molar-refractivity contribution >= 4 is 11.7 Å². The monoisotopic (exact) mass is 438 g/mol. The van der Waals surface area contributed by atoms with Gasteiger partial charge in [-0.1, -0.05) is 0 Å². The molecule has 0 radical (unpaired) electrons. The first-order valence-corrected chi connectivity index (χ1v) is 10.6. The highest BCUT2D eigenvalue weighted by atomic mass is 16.5. The number of anilines is 1. The first-order chi connectivity index (χ1) is 15.2. The van der Waals surface area contributed by atoms with E-state index in [4.69, 9.17) is 14.5 Å². The molecule has 0 aliphatic carbocycles. The summed E-state index contributed by atoms with van der Waals surface area (Å²) in [7, 11) is 5.04. The Morgan fingerprint density at radius 2 is 1.84 bits per heavy atom. The van der Waals surface area contributed by atoms with Gasteiger partial charge >= 0.3 is 0 Å². The Morgan fingerprint density at radius 3 is 2.47 bits per heavy atom. The number of methoxy groups -OCH3 is 2. The number of nitrogens with one attached hydrogen (secondary N) is 1. The van der Waals surface area contributed by atoms with Crippen molar-refractivity contribution < 1.29 is 14.3 Å². The standard InChI is InChI=1S/C23H30N6O3/c1-23(2,3)25-21-20(15-7-8-17(31-5)18(13-15)32-6)24-19-14-28(11-12-29(19)21)22(30)16-9-10-27(4)26-16/h7-10,13,25H,11-12,14H2,1-6H3. The van der Waals surface area contributed by atoms with Crippen molar-refractivity contribution in [1.82, 2.24) is 24.2 Å². The van der Waals surface area contributed by atoms with Crippen LogP contribution in [0.1, 0.15) is 37.1 Å². The second kappa shape index (κ2) is 8.22. The number of amides is 1. The van der Waals surface area contributed by atoms with Gasteiger partial charge in [-0.05, 0) is 45.0 Å². The van der Waals surface area contributed by atoms with Gasteiger partial charge in [0.25, 0.3) is 5.91 Å². The van der Waals surface area contributed by atoms with Crippen LogP contribution in [0.3, 0.4) is 0 Å². The van der Waals surface area contributed by atoms with Gasteiger partial charge in [0.15, 0.2) is 11.5 Å². The average Bonchev–Trinajstić information content (AvgIpc) is 3.35. The number of hydrogen-bond donors (Lipinski definition) is 1. The van der Waals surface area contributed by atoms with Gasteiger partial charge in [0.2, 0.25) is 0 Å². The molecule has 0 saturated carbocycles. The molecule has 32 heavy (non-hydrogen) atoms. The first kappa shape index (κ1) is 21.7. The molecule has 1 aromatic carbocycles. The maximum atomic E-state index is 12.9. The van der Waals surface area contributed by atoms with Crippen LogP contribution < -0.4 is 14.8 Å². The number of aromatic nitrogens is 4. The number of rotatable bonds is 5. The SMILES string of the molecule is COc1ccc(-c2nc3n(c2NC(C)(C)C)CCN(C(=O)c2ccn(C)n2)C3)cc1OC. The number of carbonyl (C=O) groups excluding carboxylic acids is 1. The Bertz CT molecular complexity index is 1140. The topological polar surface area (TPSA) is 86.4 Å². The van der Waals surface area contributed by atoms with E-state index >= 15 is 0 Å². The molecule has 1 aliphatic heterocycles. The Balaban J connectivity index is 1.73. The maximum absolute atomic E-state index is 12.9. The lowest BCUT2D eigenvalue weighted by Gasteiger charge is -2.30. The molecule has 9 nitrogen and oxygen atoms in total. The molecule has 0 bridgehead atoms.